The molecule has 2 fully saturated rings. The first-order chi connectivity index (χ1) is 18.0. The molecule has 9 heteroatoms. The largest absolute Gasteiger partial charge is 0.369 e. The van der Waals surface area contributed by atoms with Gasteiger partial charge in [0.15, 0.2) is 0 Å². The number of benzene rings is 2. The van der Waals surface area contributed by atoms with Gasteiger partial charge in [0.25, 0.3) is 0 Å². The Morgan fingerprint density at radius 3 is 2.35 bits per heavy atom. The molecular formula is C28H33N7O2. The summed E-state index contributed by atoms with van der Waals surface area (Å²) in [5.74, 6) is 1.82. The summed E-state index contributed by atoms with van der Waals surface area (Å²) in [6, 6.07) is 19.0. The predicted octanol–water partition coefficient (Wildman–Crippen LogP) is 4.38. The number of piperazine rings is 1. The van der Waals surface area contributed by atoms with Crippen molar-refractivity contribution in [2.75, 3.05) is 60.2 Å². The number of urea groups is 1. The van der Waals surface area contributed by atoms with Gasteiger partial charge in [0.2, 0.25) is 0 Å². The lowest BCUT2D eigenvalue weighted by Gasteiger charge is -2.37. The monoisotopic (exact) mass is 499 g/mol. The molecule has 192 valence electrons. The second kappa shape index (κ2) is 11.4. The number of hydrogen-bond donors (Lipinski definition) is 2. The van der Waals surface area contributed by atoms with Crippen LogP contribution in [0.2, 0.25) is 0 Å². The van der Waals surface area contributed by atoms with Crippen LogP contribution in [0.15, 0.2) is 67.0 Å². The number of carbonyl (C=O) groups is 2. The minimum Gasteiger partial charge on any atom is -0.369 e. The highest BCUT2D eigenvalue weighted by atomic mass is 16.2. The fraction of sp³-hybridized carbons (Fsp3) is 0.357. The average Bonchev–Trinajstić information content (AvgIpc) is 2.89. The van der Waals surface area contributed by atoms with E-state index in [1.54, 1.807) is 13.1 Å². The first-order valence-corrected chi connectivity index (χ1v) is 12.8. The van der Waals surface area contributed by atoms with Crippen LogP contribution in [0.3, 0.4) is 0 Å². The fourth-order valence-corrected chi connectivity index (χ4v) is 4.58. The molecule has 3 aromatic rings. The molecule has 5 rings (SSSR count). The van der Waals surface area contributed by atoms with E-state index in [4.69, 9.17) is 0 Å². The van der Waals surface area contributed by atoms with Crippen molar-refractivity contribution in [1.82, 2.24) is 14.9 Å². The number of nitrogens with zero attached hydrogens (tertiary/aromatic N) is 5. The van der Waals surface area contributed by atoms with E-state index in [-0.39, 0.29) is 6.03 Å². The number of amides is 2. The molecule has 1 saturated carbocycles. The van der Waals surface area contributed by atoms with Crippen LogP contribution >= 0.6 is 0 Å². The van der Waals surface area contributed by atoms with Crippen LogP contribution in [-0.2, 0) is 4.79 Å². The first-order valence-electron chi connectivity index (χ1n) is 12.8. The van der Waals surface area contributed by atoms with Gasteiger partial charge in [-0.25, -0.2) is 14.8 Å². The van der Waals surface area contributed by atoms with Crippen LogP contribution in [0.25, 0.3) is 0 Å². The number of ketones is 1. The number of Topliss-reactive ketones (excluding diaryl/α,β-unsaturated/α-hetero) is 1. The van der Waals surface area contributed by atoms with Crippen molar-refractivity contribution in [3.8, 4) is 0 Å². The molecule has 2 heterocycles. The summed E-state index contributed by atoms with van der Waals surface area (Å²) < 4.78 is 0. The molecule has 0 unspecified atom stereocenters. The van der Waals surface area contributed by atoms with Crippen LogP contribution in [0.5, 0.6) is 0 Å². The minimum absolute atomic E-state index is 0.285. The van der Waals surface area contributed by atoms with Gasteiger partial charge in [-0.15, -0.1) is 0 Å². The summed E-state index contributed by atoms with van der Waals surface area (Å²) in [7, 11) is 1.67. The van der Waals surface area contributed by atoms with Crippen molar-refractivity contribution in [3.63, 3.8) is 0 Å². The number of para-hydroxylation sites is 1. The van der Waals surface area contributed by atoms with Crippen molar-refractivity contribution in [2.24, 2.45) is 5.92 Å². The highest BCUT2D eigenvalue weighted by Crippen LogP contribution is 2.28. The molecule has 1 aliphatic heterocycles. The third kappa shape index (κ3) is 6.24. The zero-order valence-electron chi connectivity index (χ0n) is 21.1. The number of anilines is 5. The zero-order valence-corrected chi connectivity index (χ0v) is 21.1. The molecule has 0 spiro atoms. The lowest BCUT2D eigenvalue weighted by Crippen LogP contribution is -2.49. The Kier molecular flexibility index (Phi) is 7.60. The molecule has 1 aliphatic carbocycles. The standard InChI is InChI=1S/C28H33N7O2/c1-33(28(37)32-22-8-3-2-4-9-22)27-18-26(29-20-30-27)31-23-10-12-24(13-11-23)35-16-14-34(15-17-35)19-25(36)21-6-5-7-21/h2-4,8-13,18,20-21H,5-7,14-17,19H2,1H3,(H,32,37)(H,29,30,31). The van der Waals surface area contributed by atoms with Crippen molar-refractivity contribution in [2.45, 2.75) is 19.3 Å². The van der Waals surface area contributed by atoms with Crippen LogP contribution in [0.1, 0.15) is 19.3 Å². The maximum absolute atomic E-state index is 12.6. The predicted molar refractivity (Wildman–Crippen MR) is 147 cm³/mol. The van der Waals surface area contributed by atoms with Crippen LogP contribution < -0.4 is 20.4 Å². The van der Waals surface area contributed by atoms with Gasteiger partial charge >= 0.3 is 6.03 Å². The van der Waals surface area contributed by atoms with Crippen LogP contribution in [0, 0.1) is 5.92 Å². The second-order valence-corrected chi connectivity index (χ2v) is 9.65. The molecule has 0 atom stereocenters. The van der Waals surface area contributed by atoms with Crippen LogP contribution in [-0.4, -0.2) is 66.5 Å². The summed E-state index contributed by atoms with van der Waals surface area (Å²) >= 11 is 0. The Morgan fingerprint density at radius 2 is 1.68 bits per heavy atom. The summed E-state index contributed by atoms with van der Waals surface area (Å²) in [6.45, 7) is 4.25. The Hall–Kier alpha value is -3.98. The second-order valence-electron chi connectivity index (χ2n) is 9.65. The maximum atomic E-state index is 12.6. The number of carbonyl (C=O) groups excluding carboxylic acids is 2. The Morgan fingerprint density at radius 1 is 0.946 bits per heavy atom. The first kappa shape index (κ1) is 24.7. The van der Waals surface area contributed by atoms with Gasteiger partial charge < -0.3 is 15.5 Å². The lowest BCUT2D eigenvalue weighted by atomic mass is 9.82. The van der Waals surface area contributed by atoms with Gasteiger partial charge in [0.05, 0.1) is 6.54 Å². The van der Waals surface area contributed by atoms with Gasteiger partial charge in [-0.1, -0.05) is 24.6 Å². The third-order valence-electron chi connectivity index (χ3n) is 7.14. The van der Waals surface area contributed by atoms with Crippen LogP contribution in [0.4, 0.5) is 33.5 Å². The Balaban J connectivity index is 1.13. The van der Waals surface area contributed by atoms with Crippen molar-refractivity contribution < 1.29 is 9.59 Å². The molecule has 37 heavy (non-hydrogen) atoms. The maximum Gasteiger partial charge on any atom is 0.327 e. The third-order valence-corrected chi connectivity index (χ3v) is 7.14. The molecule has 0 bridgehead atoms. The van der Waals surface area contributed by atoms with E-state index in [0.717, 1.165) is 56.1 Å². The molecule has 2 N–H and O–H groups in total. The number of aromatic nitrogens is 2. The summed E-state index contributed by atoms with van der Waals surface area (Å²) in [5, 5.41) is 6.14. The molecule has 2 aliphatic rings. The van der Waals surface area contributed by atoms with E-state index in [0.29, 0.717) is 29.9 Å². The van der Waals surface area contributed by atoms with Crippen molar-refractivity contribution in [1.29, 1.82) is 0 Å². The average molecular weight is 500 g/mol. The lowest BCUT2D eigenvalue weighted by molar-refractivity contribution is -0.126. The SMILES string of the molecule is CN(C(=O)Nc1ccccc1)c1cc(Nc2ccc(N3CCN(CC(=O)C4CCC4)CC3)cc2)ncn1. The molecule has 2 aromatic carbocycles. The number of hydrogen-bond acceptors (Lipinski definition) is 7. The highest BCUT2D eigenvalue weighted by molar-refractivity contribution is 6.00. The van der Waals surface area contributed by atoms with Gasteiger partial charge in [0, 0.05) is 62.3 Å². The van der Waals surface area contributed by atoms with Crippen molar-refractivity contribution >= 4 is 40.5 Å². The molecule has 2 amide bonds. The molecular weight excluding hydrogens is 466 g/mol. The molecule has 9 nitrogen and oxygen atoms in total. The van der Waals surface area contributed by atoms with E-state index >= 15 is 0 Å². The van der Waals surface area contributed by atoms with E-state index < -0.39 is 0 Å². The van der Waals surface area contributed by atoms with E-state index in [1.165, 1.54) is 17.6 Å². The smallest absolute Gasteiger partial charge is 0.327 e. The van der Waals surface area contributed by atoms with E-state index in [1.807, 2.05) is 42.5 Å². The van der Waals surface area contributed by atoms with Gasteiger partial charge in [-0.2, -0.15) is 0 Å². The number of nitrogens with one attached hydrogen (secondary N) is 2. The number of rotatable bonds is 8. The minimum atomic E-state index is -0.285. The fourth-order valence-electron chi connectivity index (χ4n) is 4.58. The van der Waals surface area contributed by atoms with E-state index in [9.17, 15) is 9.59 Å². The molecule has 1 saturated heterocycles. The topological polar surface area (TPSA) is 93.7 Å². The van der Waals surface area contributed by atoms with Gasteiger partial charge in [0.1, 0.15) is 23.7 Å². The van der Waals surface area contributed by atoms with Gasteiger partial charge in [-0.3, -0.25) is 14.6 Å². The summed E-state index contributed by atoms with van der Waals surface area (Å²) in [6.07, 6.45) is 4.80. The summed E-state index contributed by atoms with van der Waals surface area (Å²) in [5.41, 5.74) is 2.78. The Bertz CT molecular complexity index is 1210. The quantitative estimate of drug-likeness (QED) is 0.475. The highest BCUT2D eigenvalue weighted by Gasteiger charge is 2.27. The molecule has 1 aromatic heterocycles. The van der Waals surface area contributed by atoms with Crippen molar-refractivity contribution in [3.05, 3.63) is 67.0 Å². The van der Waals surface area contributed by atoms with E-state index in [2.05, 4.69) is 42.5 Å². The van der Waals surface area contributed by atoms with Gasteiger partial charge in [-0.05, 0) is 49.2 Å². The Labute approximate surface area is 217 Å². The normalized spacial score (nSPS) is 16.1. The molecule has 0 radical (unpaired) electrons. The summed E-state index contributed by atoms with van der Waals surface area (Å²) in [4.78, 5) is 39.5. The zero-order chi connectivity index (χ0) is 25.6.